The van der Waals surface area contributed by atoms with Crippen molar-refractivity contribution < 1.29 is 0 Å². The standard InChI is InChI=1S/C20H33N/c1-6-21-14-17-10-11-20(4,5)13-18(17)12-19-15(2)8-7-9-16(19)3/h7-9,17-18,21H,6,10-14H2,1-5H3. The molecule has 2 rings (SSSR count). The van der Waals surface area contributed by atoms with Crippen molar-refractivity contribution in [2.24, 2.45) is 17.3 Å². The highest BCUT2D eigenvalue weighted by atomic mass is 14.8. The van der Waals surface area contributed by atoms with E-state index in [0.717, 1.165) is 18.4 Å². The van der Waals surface area contributed by atoms with Crippen LogP contribution in [0.15, 0.2) is 18.2 Å². The SMILES string of the molecule is CCNCC1CCC(C)(C)CC1Cc1c(C)cccc1C. The van der Waals surface area contributed by atoms with Crippen LogP contribution in [0, 0.1) is 31.1 Å². The van der Waals surface area contributed by atoms with E-state index in [1.165, 1.54) is 43.4 Å². The summed E-state index contributed by atoms with van der Waals surface area (Å²) in [6, 6.07) is 6.74. The van der Waals surface area contributed by atoms with Crippen molar-refractivity contribution in [2.75, 3.05) is 13.1 Å². The first kappa shape index (κ1) is 16.5. The topological polar surface area (TPSA) is 12.0 Å². The molecular formula is C20H33N. The lowest BCUT2D eigenvalue weighted by Gasteiger charge is -2.41. The van der Waals surface area contributed by atoms with Crippen LogP contribution in [-0.2, 0) is 6.42 Å². The van der Waals surface area contributed by atoms with Gasteiger partial charge in [-0.05, 0) is 86.6 Å². The zero-order chi connectivity index (χ0) is 15.5. The van der Waals surface area contributed by atoms with Gasteiger partial charge in [-0.2, -0.15) is 0 Å². The molecule has 0 aliphatic heterocycles. The lowest BCUT2D eigenvalue weighted by Crippen LogP contribution is -2.37. The Morgan fingerprint density at radius 1 is 1.14 bits per heavy atom. The van der Waals surface area contributed by atoms with E-state index in [4.69, 9.17) is 0 Å². The summed E-state index contributed by atoms with van der Waals surface area (Å²) >= 11 is 0. The van der Waals surface area contributed by atoms with Crippen molar-refractivity contribution in [3.8, 4) is 0 Å². The molecule has 0 amide bonds. The summed E-state index contributed by atoms with van der Waals surface area (Å²) in [4.78, 5) is 0. The molecule has 1 aromatic rings. The molecule has 0 bridgehead atoms. The van der Waals surface area contributed by atoms with Gasteiger partial charge in [0.15, 0.2) is 0 Å². The fraction of sp³-hybridized carbons (Fsp3) is 0.700. The van der Waals surface area contributed by atoms with Gasteiger partial charge in [-0.1, -0.05) is 39.0 Å². The Hall–Kier alpha value is -0.820. The van der Waals surface area contributed by atoms with Gasteiger partial charge in [0.2, 0.25) is 0 Å². The molecule has 1 fully saturated rings. The van der Waals surface area contributed by atoms with Gasteiger partial charge in [-0.25, -0.2) is 0 Å². The molecule has 0 saturated heterocycles. The highest BCUT2D eigenvalue weighted by Crippen LogP contribution is 2.43. The van der Waals surface area contributed by atoms with Crippen molar-refractivity contribution >= 4 is 0 Å². The average Bonchev–Trinajstić information content (AvgIpc) is 2.41. The van der Waals surface area contributed by atoms with Gasteiger partial charge >= 0.3 is 0 Å². The first-order chi connectivity index (χ1) is 9.93. The van der Waals surface area contributed by atoms with E-state index in [0.29, 0.717) is 5.41 Å². The molecule has 0 radical (unpaired) electrons. The van der Waals surface area contributed by atoms with E-state index in [-0.39, 0.29) is 0 Å². The molecule has 0 heterocycles. The smallest absolute Gasteiger partial charge is 0.00179 e. The zero-order valence-electron chi connectivity index (χ0n) is 14.6. The van der Waals surface area contributed by atoms with Crippen molar-refractivity contribution in [1.82, 2.24) is 5.32 Å². The van der Waals surface area contributed by atoms with Crippen molar-refractivity contribution in [3.05, 3.63) is 34.9 Å². The first-order valence-electron chi connectivity index (χ1n) is 8.69. The normalized spacial score (nSPS) is 25.0. The van der Waals surface area contributed by atoms with E-state index in [1.54, 1.807) is 5.56 Å². The zero-order valence-corrected chi connectivity index (χ0v) is 14.6. The Morgan fingerprint density at radius 3 is 2.43 bits per heavy atom. The number of nitrogens with one attached hydrogen (secondary N) is 1. The average molecular weight is 287 g/mol. The fourth-order valence-electron chi connectivity index (χ4n) is 4.06. The Morgan fingerprint density at radius 2 is 1.81 bits per heavy atom. The van der Waals surface area contributed by atoms with Crippen LogP contribution < -0.4 is 5.32 Å². The molecule has 1 nitrogen and oxygen atoms in total. The Labute approximate surface area is 131 Å². The monoisotopic (exact) mass is 287 g/mol. The molecule has 1 saturated carbocycles. The predicted octanol–water partition coefficient (Wildman–Crippen LogP) is 4.90. The largest absolute Gasteiger partial charge is 0.317 e. The molecule has 2 atom stereocenters. The van der Waals surface area contributed by atoms with E-state index in [1.807, 2.05) is 0 Å². The van der Waals surface area contributed by atoms with E-state index < -0.39 is 0 Å². The van der Waals surface area contributed by atoms with Crippen LogP contribution in [0.1, 0.15) is 56.7 Å². The van der Waals surface area contributed by atoms with Crippen LogP contribution >= 0.6 is 0 Å². The molecule has 0 spiro atoms. The predicted molar refractivity (Wildman–Crippen MR) is 92.8 cm³/mol. The summed E-state index contributed by atoms with van der Waals surface area (Å²) in [5.41, 5.74) is 5.06. The molecular weight excluding hydrogens is 254 g/mol. The maximum absolute atomic E-state index is 3.59. The van der Waals surface area contributed by atoms with Gasteiger partial charge < -0.3 is 5.32 Å². The first-order valence-corrected chi connectivity index (χ1v) is 8.69. The van der Waals surface area contributed by atoms with Gasteiger partial charge in [0.25, 0.3) is 0 Å². The van der Waals surface area contributed by atoms with Gasteiger partial charge in [0, 0.05) is 0 Å². The third kappa shape index (κ3) is 4.32. The Bertz CT molecular complexity index is 441. The van der Waals surface area contributed by atoms with Crippen LogP contribution in [0.2, 0.25) is 0 Å². The molecule has 2 unspecified atom stereocenters. The lowest BCUT2D eigenvalue weighted by atomic mass is 9.65. The van der Waals surface area contributed by atoms with E-state index >= 15 is 0 Å². The minimum Gasteiger partial charge on any atom is -0.317 e. The number of benzene rings is 1. The molecule has 21 heavy (non-hydrogen) atoms. The van der Waals surface area contributed by atoms with Crippen LogP contribution in [-0.4, -0.2) is 13.1 Å². The maximum Gasteiger partial charge on any atom is -0.00179 e. The van der Waals surface area contributed by atoms with Crippen molar-refractivity contribution in [3.63, 3.8) is 0 Å². The van der Waals surface area contributed by atoms with Crippen molar-refractivity contribution in [1.29, 1.82) is 0 Å². The Kier molecular flexibility index (Phi) is 5.48. The van der Waals surface area contributed by atoms with Crippen LogP contribution in [0.5, 0.6) is 0 Å². The molecule has 1 N–H and O–H groups in total. The number of hydrogen-bond acceptors (Lipinski definition) is 1. The van der Waals surface area contributed by atoms with Gasteiger partial charge in [0.05, 0.1) is 0 Å². The molecule has 118 valence electrons. The molecule has 1 aliphatic rings. The third-order valence-electron chi connectivity index (χ3n) is 5.44. The summed E-state index contributed by atoms with van der Waals surface area (Å²) < 4.78 is 0. The van der Waals surface area contributed by atoms with Gasteiger partial charge in [-0.15, -0.1) is 0 Å². The van der Waals surface area contributed by atoms with E-state index in [9.17, 15) is 0 Å². The second kappa shape index (κ2) is 6.96. The lowest BCUT2D eigenvalue weighted by molar-refractivity contribution is 0.116. The quantitative estimate of drug-likeness (QED) is 0.812. The maximum atomic E-state index is 3.59. The van der Waals surface area contributed by atoms with Crippen molar-refractivity contribution in [2.45, 2.75) is 60.3 Å². The summed E-state index contributed by atoms with van der Waals surface area (Å²) in [6.45, 7) is 14.0. The Balaban J connectivity index is 2.15. The summed E-state index contributed by atoms with van der Waals surface area (Å²) in [6.07, 6.45) is 5.40. The molecule has 1 heteroatoms. The fourth-order valence-corrected chi connectivity index (χ4v) is 4.06. The second-order valence-corrected chi connectivity index (χ2v) is 7.81. The van der Waals surface area contributed by atoms with Crippen LogP contribution in [0.25, 0.3) is 0 Å². The molecule has 1 aromatic carbocycles. The molecule has 0 aromatic heterocycles. The van der Waals surface area contributed by atoms with Crippen LogP contribution in [0.3, 0.4) is 0 Å². The number of rotatable bonds is 5. The summed E-state index contributed by atoms with van der Waals surface area (Å²) in [5, 5.41) is 3.59. The number of hydrogen-bond donors (Lipinski definition) is 1. The number of aryl methyl sites for hydroxylation is 2. The third-order valence-corrected chi connectivity index (χ3v) is 5.44. The highest BCUT2D eigenvalue weighted by molar-refractivity contribution is 5.34. The van der Waals surface area contributed by atoms with Crippen LogP contribution in [0.4, 0.5) is 0 Å². The highest BCUT2D eigenvalue weighted by Gasteiger charge is 2.34. The molecule has 1 aliphatic carbocycles. The van der Waals surface area contributed by atoms with Gasteiger partial charge in [-0.3, -0.25) is 0 Å². The van der Waals surface area contributed by atoms with E-state index in [2.05, 4.69) is 58.1 Å². The summed E-state index contributed by atoms with van der Waals surface area (Å²) in [5.74, 6) is 1.67. The minimum absolute atomic E-state index is 0.518. The second-order valence-electron chi connectivity index (χ2n) is 7.81. The minimum atomic E-state index is 0.518. The van der Waals surface area contributed by atoms with Gasteiger partial charge in [0.1, 0.15) is 0 Å². The summed E-state index contributed by atoms with van der Waals surface area (Å²) in [7, 11) is 0.